The summed E-state index contributed by atoms with van der Waals surface area (Å²) in [5, 5.41) is 3.10. The summed E-state index contributed by atoms with van der Waals surface area (Å²) in [4.78, 5) is 0.236. The van der Waals surface area contributed by atoms with Crippen LogP contribution in [0.5, 0.6) is 0 Å². The van der Waals surface area contributed by atoms with E-state index in [1.807, 2.05) is 13.8 Å². The second kappa shape index (κ2) is 12.6. The summed E-state index contributed by atoms with van der Waals surface area (Å²) in [7, 11) is -3.21. The van der Waals surface area contributed by atoms with Crippen LogP contribution in [0.25, 0.3) is 0 Å². The third-order valence-corrected chi connectivity index (χ3v) is 3.86. The highest BCUT2D eigenvalue weighted by Gasteiger charge is 2.13. The van der Waals surface area contributed by atoms with Gasteiger partial charge in [-0.05, 0) is 19.0 Å². The maximum atomic E-state index is 11.8. The Kier molecular flexibility index (Phi) is 13.6. The second-order valence-corrected chi connectivity index (χ2v) is 5.54. The highest BCUT2D eigenvalue weighted by Crippen LogP contribution is 2.08. The van der Waals surface area contributed by atoms with Crippen LogP contribution < -0.4 is 5.32 Å². The van der Waals surface area contributed by atoms with Gasteiger partial charge in [0.2, 0.25) is 0 Å². The molecule has 4 heteroatoms. The first-order chi connectivity index (χ1) is 8.58. The lowest BCUT2D eigenvalue weighted by Gasteiger charge is -2.06. The fourth-order valence-corrected chi connectivity index (χ4v) is 2.37. The van der Waals surface area contributed by atoms with Crippen molar-refractivity contribution in [2.24, 2.45) is 0 Å². The van der Waals surface area contributed by atoms with E-state index >= 15 is 0 Å². The fourth-order valence-electron chi connectivity index (χ4n) is 1.17. The van der Waals surface area contributed by atoms with Crippen molar-refractivity contribution in [3.05, 3.63) is 36.3 Å². The molecule has 0 aromatic heterocycles. The van der Waals surface area contributed by atoms with Crippen LogP contribution in [0.3, 0.4) is 0 Å². The van der Waals surface area contributed by atoms with Gasteiger partial charge in [0.05, 0.1) is 10.7 Å². The van der Waals surface area contributed by atoms with E-state index < -0.39 is 9.84 Å². The third-order valence-electron chi connectivity index (χ3n) is 2.10. The van der Waals surface area contributed by atoms with E-state index in [1.54, 1.807) is 0 Å². The van der Waals surface area contributed by atoms with Gasteiger partial charge in [-0.1, -0.05) is 52.5 Å². The lowest BCUT2D eigenvalue weighted by atomic mass is 10.3. The lowest BCUT2D eigenvalue weighted by Crippen LogP contribution is -2.24. The maximum absolute atomic E-state index is 11.8. The van der Waals surface area contributed by atoms with Gasteiger partial charge >= 0.3 is 0 Å². The number of sulfone groups is 1. The van der Waals surface area contributed by atoms with Crippen LogP contribution in [0.1, 0.15) is 33.6 Å². The molecule has 0 spiro atoms. The number of rotatable bonds is 9. The molecule has 0 fully saturated rings. The molecule has 0 heterocycles. The van der Waals surface area contributed by atoms with Crippen molar-refractivity contribution in [3.8, 4) is 0 Å². The SMILES string of the molecule is C=C/C=C(\C=C)S(=O)(=O)CCNCCCC.CC. The quantitative estimate of drug-likeness (QED) is 0.519. The van der Waals surface area contributed by atoms with Crippen molar-refractivity contribution in [1.29, 1.82) is 0 Å². The number of unbranched alkanes of at least 4 members (excludes halogenated alkanes) is 1. The summed E-state index contributed by atoms with van der Waals surface area (Å²) in [6.07, 6.45) is 6.45. The fraction of sp³-hybridized carbons (Fsp3) is 0.571. The molecule has 0 aromatic carbocycles. The van der Waals surface area contributed by atoms with Crippen LogP contribution in [-0.2, 0) is 9.84 Å². The molecule has 0 aliphatic rings. The van der Waals surface area contributed by atoms with Gasteiger partial charge in [0.1, 0.15) is 0 Å². The van der Waals surface area contributed by atoms with Crippen LogP contribution >= 0.6 is 0 Å². The Hall–Kier alpha value is -0.870. The van der Waals surface area contributed by atoms with Crippen LogP contribution in [0.15, 0.2) is 36.3 Å². The van der Waals surface area contributed by atoms with E-state index in [0.717, 1.165) is 19.4 Å². The average Bonchev–Trinajstić information content (AvgIpc) is 2.37. The van der Waals surface area contributed by atoms with Crippen LogP contribution in [0.4, 0.5) is 0 Å². The molecule has 0 radical (unpaired) electrons. The predicted molar refractivity (Wildman–Crippen MR) is 81.4 cm³/mol. The molecule has 18 heavy (non-hydrogen) atoms. The van der Waals surface area contributed by atoms with Gasteiger partial charge < -0.3 is 5.32 Å². The molecule has 0 saturated carbocycles. The van der Waals surface area contributed by atoms with Gasteiger partial charge in [-0.25, -0.2) is 8.42 Å². The van der Waals surface area contributed by atoms with Crippen molar-refractivity contribution in [3.63, 3.8) is 0 Å². The molecule has 0 atom stereocenters. The maximum Gasteiger partial charge on any atom is 0.179 e. The van der Waals surface area contributed by atoms with Gasteiger partial charge in [-0.3, -0.25) is 0 Å². The summed E-state index contributed by atoms with van der Waals surface area (Å²) in [6, 6.07) is 0. The van der Waals surface area contributed by atoms with Crippen molar-refractivity contribution in [1.82, 2.24) is 5.32 Å². The first-order valence-electron chi connectivity index (χ1n) is 6.47. The van der Waals surface area contributed by atoms with Gasteiger partial charge in [-0.15, -0.1) is 0 Å². The Morgan fingerprint density at radius 3 is 2.28 bits per heavy atom. The third kappa shape index (κ3) is 9.19. The monoisotopic (exact) mass is 273 g/mol. The Morgan fingerprint density at radius 1 is 1.22 bits per heavy atom. The smallest absolute Gasteiger partial charge is 0.179 e. The molecular weight excluding hydrogens is 246 g/mol. The molecule has 0 amide bonds. The summed E-state index contributed by atoms with van der Waals surface area (Å²) < 4.78 is 23.5. The largest absolute Gasteiger partial charge is 0.316 e. The standard InChI is InChI=1S/C12H21NO2S.C2H6/c1-4-7-9-13-10-11-16(14,15)12(6-3)8-5-2;1-2/h5-6,8,13H,2-4,7,9-11H2,1H3;1-2H3/b12-8+;. The lowest BCUT2D eigenvalue weighted by molar-refractivity contribution is 0.595. The van der Waals surface area contributed by atoms with E-state index in [9.17, 15) is 8.42 Å². The van der Waals surface area contributed by atoms with Crippen molar-refractivity contribution < 1.29 is 8.42 Å². The van der Waals surface area contributed by atoms with Crippen molar-refractivity contribution >= 4 is 9.84 Å². The molecule has 0 aromatic rings. The molecule has 0 saturated heterocycles. The molecule has 0 rings (SSSR count). The Bertz CT molecular complexity index is 343. The Morgan fingerprint density at radius 2 is 1.83 bits per heavy atom. The van der Waals surface area contributed by atoms with E-state index in [1.165, 1.54) is 18.2 Å². The molecule has 0 aliphatic heterocycles. The van der Waals surface area contributed by atoms with E-state index in [4.69, 9.17) is 0 Å². The van der Waals surface area contributed by atoms with Crippen LogP contribution in [0, 0.1) is 0 Å². The minimum Gasteiger partial charge on any atom is -0.316 e. The Balaban J connectivity index is 0. The molecule has 0 aliphatic carbocycles. The molecular formula is C14H27NO2S. The van der Waals surface area contributed by atoms with Gasteiger partial charge in [-0.2, -0.15) is 0 Å². The van der Waals surface area contributed by atoms with Gasteiger partial charge in [0.15, 0.2) is 9.84 Å². The molecule has 0 unspecified atom stereocenters. The molecule has 3 nitrogen and oxygen atoms in total. The zero-order valence-electron chi connectivity index (χ0n) is 11.9. The van der Waals surface area contributed by atoms with Gasteiger partial charge in [0, 0.05) is 6.54 Å². The Labute approximate surface area is 113 Å². The first-order valence-corrected chi connectivity index (χ1v) is 8.12. The topological polar surface area (TPSA) is 46.2 Å². The van der Waals surface area contributed by atoms with Crippen molar-refractivity contribution in [2.45, 2.75) is 33.6 Å². The van der Waals surface area contributed by atoms with E-state index in [-0.39, 0.29) is 10.7 Å². The number of hydrogen-bond acceptors (Lipinski definition) is 3. The van der Waals surface area contributed by atoms with Crippen LogP contribution in [-0.4, -0.2) is 27.3 Å². The number of allylic oxidation sites excluding steroid dienone is 3. The van der Waals surface area contributed by atoms with Crippen LogP contribution in [0.2, 0.25) is 0 Å². The zero-order chi connectivity index (χ0) is 14.4. The van der Waals surface area contributed by atoms with Crippen molar-refractivity contribution in [2.75, 3.05) is 18.8 Å². The number of hydrogen-bond donors (Lipinski definition) is 1. The second-order valence-electron chi connectivity index (χ2n) is 3.43. The minimum atomic E-state index is -3.21. The zero-order valence-corrected chi connectivity index (χ0v) is 12.7. The highest BCUT2D eigenvalue weighted by molar-refractivity contribution is 7.95. The van der Waals surface area contributed by atoms with E-state index in [2.05, 4.69) is 25.4 Å². The first kappa shape index (κ1) is 19.5. The van der Waals surface area contributed by atoms with Gasteiger partial charge in [0.25, 0.3) is 0 Å². The summed E-state index contributed by atoms with van der Waals surface area (Å²) >= 11 is 0. The average molecular weight is 273 g/mol. The summed E-state index contributed by atoms with van der Waals surface area (Å²) in [5.41, 5.74) is 0. The van der Waals surface area contributed by atoms with E-state index in [0.29, 0.717) is 6.54 Å². The summed E-state index contributed by atoms with van der Waals surface area (Å²) in [6.45, 7) is 14.4. The summed E-state index contributed by atoms with van der Waals surface area (Å²) in [5.74, 6) is 0.0996. The minimum absolute atomic E-state index is 0.0996. The number of nitrogens with one attached hydrogen (secondary N) is 1. The normalized spacial score (nSPS) is 11.4. The molecule has 1 N–H and O–H groups in total. The molecule has 0 bridgehead atoms. The molecule has 106 valence electrons. The predicted octanol–water partition coefficient (Wildman–Crippen LogP) is 3.07. The highest BCUT2D eigenvalue weighted by atomic mass is 32.2.